The largest absolute Gasteiger partial charge is 0.357 e. The minimum absolute atomic E-state index is 0. The number of nitrogens with one attached hydrogen (secondary N) is 2. The predicted octanol–water partition coefficient (Wildman–Crippen LogP) is 2.92. The van der Waals surface area contributed by atoms with Crippen molar-refractivity contribution >= 4 is 51.1 Å². The van der Waals surface area contributed by atoms with Crippen molar-refractivity contribution in [1.82, 2.24) is 10.6 Å². The van der Waals surface area contributed by atoms with Crippen LogP contribution < -0.4 is 10.6 Å². The standard InChI is InChI=1S/C16H29N3O2S2.HI/c1-5-17-15(18-10-8-14-7-6-11-22-14)19-13-16(2,3)9-12-23(4,20)21;/h6-7,11H,5,8-10,12-13H2,1-4H3,(H2,17,18,19);1H. The van der Waals surface area contributed by atoms with Gasteiger partial charge < -0.3 is 10.6 Å². The summed E-state index contributed by atoms with van der Waals surface area (Å²) in [5.41, 5.74) is -0.140. The van der Waals surface area contributed by atoms with E-state index in [1.165, 1.54) is 11.1 Å². The highest BCUT2D eigenvalue weighted by molar-refractivity contribution is 14.0. The van der Waals surface area contributed by atoms with Crippen LogP contribution in [0, 0.1) is 5.41 Å². The second-order valence-corrected chi connectivity index (χ2v) is 9.79. The molecule has 1 rings (SSSR count). The van der Waals surface area contributed by atoms with Crippen LogP contribution in [0.2, 0.25) is 0 Å². The second kappa shape index (κ2) is 11.3. The van der Waals surface area contributed by atoms with Crippen LogP contribution in [0.1, 0.15) is 32.1 Å². The summed E-state index contributed by atoms with van der Waals surface area (Å²) in [5.74, 6) is 0.995. The summed E-state index contributed by atoms with van der Waals surface area (Å²) < 4.78 is 22.6. The second-order valence-electron chi connectivity index (χ2n) is 6.50. The van der Waals surface area contributed by atoms with Gasteiger partial charge in [0.2, 0.25) is 0 Å². The Morgan fingerprint density at radius 2 is 2.04 bits per heavy atom. The van der Waals surface area contributed by atoms with E-state index in [0.717, 1.165) is 25.5 Å². The highest BCUT2D eigenvalue weighted by atomic mass is 127. The van der Waals surface area contributed by atoms with Crippen molar-refractivity contribution in [2.75, 3.05) is 31.6 Å². The van der Waals surface area contributed by atoms with E-state index in [0.29, 0.717) is 13.0 Å². The highest BCUT2D eigenvalue weighted by Crippen LogP contribution is 2.21. The van der Waals surface area contributed by atoms with E-state index in [-0.39, 0.29) is 35.1 Å². The summed E-state index contributed by atoms with van der Waals surface area (Å²) >= 11 is 1.76. The number of halogens is 1. The summed E-state index contributed by atoms with van der Waals surface area (Å²) in [6, 6.07) is 4.19. The third-order valence-electron chi connectivity index (χ3n) is 3.40. The van der Waals surface area contributed by atoms with Gasteiger partial charge in [0, 0.05) is 30.8 Å². The number of hydrogen-bond acceptors (Lipinski definition) is 4. The third-order valence-corrected chi connectivity index (χ3v) is 5.28. The first kappa shape index (κ1) is 23.6. The zero-order valence-electron chi connectivity index (χ0n) is 15.0. The Hall–Kier alpha value is -0.350. The maximum atomic E-state index is 11.3. The molecule has 0 bridgehead atoms. The highest BCUT2D eigenvalue weighted by Gasteiger charge is 2.20. The number of thiophene rings is 1. The molecule has 0 aliphatic heterocycles. The minimum atomic E-state index is -2.92. The molecule has 24 heavy (non-hydrogen) atoms. The third kappa shape index (κ3) is 11.2. The van der Waals surface area contributed by atoms with E-state index in [1.54, 1.807) is 11.3 Å². The first-order valence-electron chi connectivity index (χ1n) is 7.94. The molecule has 1 aromatic rings. The van der Waals surface area contributed by atoms with Gasteiger partial charge in [0.05, 0.1) is 5.75 Å². The normalized spacial score (nSPS) is 12.6. The Morgan fingerprint density at radius 1 is 1.33 bits per heavy atom. The summed E-state index contributed by atoms with van der Waals surface area (Å²) in [6.07, 6.45) is 2.87. The summed E-state index contributed by atoms with van der Waals surface area (Å²) in [5, 5.41) is 8.65. The molecule has 8 heteroatoms. The van der Waals surface area contributed by atoms with Gasteiger partial charge in [-0.1, -0.05) is 19.9 Å². The average molecular weight is 487 g/mol. The van der Waals surface area contributed by atoms with Crippen LogP contribution in [-0.2, 0) is 16.3 Å². The summed E-state index contributed by atoms with van der Waals surface area (Å²) in [6.45, 7) is 8.36. The fourth-order valence-corrected chi connectivity index (χ4v) is 3.57. The first-order chi connectivity index (χ1) is 10.7. The van der Waals surface area contributed by atoms with Crippen molar-refractivity contribution in [3.8, 4) is 0 Å². The molecule has 0 saturated carbocycles. The maximum Gasteiger partial charge on any atom is 0.191 e. The van der Waals surface area contributed by atoms with Crippen molar-refractivity contribution in [1.29, 1.82) is 0 Å². The summed E-state index contributed by atoms with van der Waals surface area (Å²) in [4.78, 5) is 5.96. The molecule has 1 aromatic heterocycles. The van der Waals surface area contributed by atoms with E-state index < -0.39 is 9.84 Å². The SMILES string of the molecule is CCNC(=NCC(C)(C)CCS(C)(=O)=O)NCCc1cccs1.I. The van der Waals surface area contributed by atoms with Crippen molar-refractivity contribution in [3.05, 3.63) is 22.4 Å². The number of rotatable bonds is 9. The van der Waals surface area contributed by atoms with Gasteiger partial charge in [0.1, 0.15) is 9.84 Å². The fraction of sp³-hybridized carbons (Fsp3) is 0.688. The molecule has 0 aliphatic rings. The first-order valence-corrected chi connectivity index (χ1v) is 10.9. The number of hydrogen-bond donors (Lipinski definition) is 2. The van der Waals surface area contributed by atoms with Crippen molar-refractivity contribution in [3.63, 3.8) is 0 Å². The Bertz CT molecular complexity index is 584. The molecule has 0 amide bonds. The molecule has 1 heterocycles. The molecule has 0 unspecified atom stereocenters. The zero-order chi connectivity index (χ0) is 17.3. The number of nitrogens with zero attached hydrogens (tertiary/aromatic N) is 1. The zero-order valence-corrected chi connectivity index (χ0v) is 18.9. The van der Waals surface area contributed by atoms with Crippen molar-refractivity contribution in [2.45, 2.75) is 33.6 Å². The smallest absolute Gasteiger partial charge is 0.191 e. The van der Waals surface area contributed by atoms with Gasteiger partial charge in [-0.2, -0.15) is 0 Å². The molecule has 0 aliphatic carbocycles. The maximum absolute atomic E-state index is 11.3. The minimum Gasteiger partial charge on any atom is -0.357 e. The molecule has 0 spiro atoms. The topological polar surface area (TPSA) is 70.6 Å². The van der Waals surface area contributed by atoms with E-state index in [1.807, 2.05) is 6.92 Å². The summed E-state index contributed by atoms with van der Waals surface area (Å²) in [7, 11) is -2.92. The molecule has 140 valence electrons. The van der Waals surface area contributed by atoms with Gasteiger partial charge in [-0.15, -0.1) is 35.3 Å². The predicted molar refractivity (Wildman–Crippen MR) is 116 cm³/mol. The lowest BCUT2D eigenvalue weighted by Crippen LogP contribution is -2.39. The van der Waals surface area contributed by atoms with Gasteiger partial charge in [-0.05, 0) is 36.6 Å². The number of guanidine groups is 1. The van der Waals surface area contributed by atoms with Crippen LogP contribution in [0.4, 0.5) is 0 Å². The van der Waals surface area contributed by atoms with Gasteiger partial charge >= 0.3 is 0 Å². The van der Waals surface area contributed by atoms with Crippen molar-refractivity contribution in [2.24, 2.45) is 10.4 Å². The Morgan fingerprint density at radius 3 is 2.58 bits per heavy atom. The molecule has 0 saturated heterocycles. The quantitative estimate of drug-likeness (QED) is 0.319. The Balaban J connectivity index is 0.00000529. The van der Waals surface area contributed by atoms with Gasteiger partial charge in [0.15, 0.2) is 5.96 Å². The molecular formula is C16H30IN3O2S2. The molecule has 5 nitrogen and oxygen atoms in total. The number of aliphatic imine (C=N–C) groups is 1. The Labute approximate surface area is 167 Å². The lowest BCUT2D eigenvalue weighted by Gasteiger charge is -2.22. The monoisotopic (exact) mass is 487 g/mol. The van der Waals surface area contributed by atoms with Gasteiger partial charge in [-0.25, -0.2) is 8.42 Å². The van der Waals surface area contributed by atoms with E-state index >= 15 is 0 Å². The van der Waals surface area contributed by atoms with E-state index in [2.05, 4.69) is 47.0 Å². The molecule has 0 radical (unpaired) electrons. The molecular weight excluding hydrogens is 457 g/mol. The van der Waals surface area contributed by atoms with E-state index in [9.17, 15) is 8.42 Å². The van der Waals surface area contributed by atoms with Gasteiger partial charge in [-0.3, -0.25) is 4.99 Å². The fourth-order valence-electron chi connectivity index (χ4n) is 1.93. The van der Waals surface area contributed by atoms with Crippen LogP contribution >= 0.6 is 35.3 Å². The van der Waals surface area contributed by atoms with E-state index in [4.69, 9.17) is 0 Å². The average Bonchev–Trinajstić information content (AvgIpc) is 2.95. The van der Waals surface area contributed by atoms with Crippen LogP contribution in [0.5, 0.6) is 0 Å². The van der Waals surface area contributed by atoms with Crippen LogP contribution in [-0.4, -0.2) is 46.0 Å². The molecule has 0 fully saturated rings. The lowest BCUT2D eigenvalue weighted by molar-refractivity contribution is 0.365. The van der Waals surface area contributed by atoms with Gasteiger partial charge in [0.25, 0.3) is 0 Å². The van der Waals surface area contributed by atoms with Crippen LogP contribution in [0.3, 0.4) is 0 Å². The lowest BCUT2D eigenvalue weighted by atomic mass is 9.90. The Kier molecular flexibility index (Phi) is 11.1. The van der Waals surface area contributed by atoms with Crippen molar-refractivity contribution < 1.29 is 8.42 Å². The molecule has 2 N–H and O–H groups in total. The van der Waals surface area contributed by atoms with Crippen LogP contribution in [0.15, 0.2) is 22.5 Å². The molecule has 0 aromatic carbocycles. The van der Waals surface area contributed by atoms with Crippen LogP contribution in [0.25, 0.3) is 0 Å². The number of sulfone groups is 1. The molecule has 0 atom stereocenters.